The number of carboxylic acid groups (broad SMARTS) is 1. The molecule has 2 aromatic carbocycles. The number of anilines is 1. The summed E-state index contributed by atoms with van der Waals surface area (Å²) in [4.78, 5) is 27.5. The van der Waals surface area contributed by atoms with Crippen molar-refractivity contribution in [3.63, 3.8) is 0 Å². The van der Waals surface area contributed by atoms with Crippen LogP contribution in [0, 0.1) is 5.92 Å². The molecule has 0 radical (unpaired) electrons. The van der Waals surface area contributed by atoms with Gasteiger partial charge in [-0.15, -0.1) is 0 Å². The van der Waals surface area contributed by atoms with Crippen LogP contribution in [0.1, 0.15) is 48.7 Å². The van der Waals surface area contributed by atoms with Crippen molar-refractivity contribution in [2.75, 3.05) is 11.9 Å². The average Bonchev–Trinajstić information content (AvgIpc) is 2.72. The summed E-state index contributed by atoms with van der Waals surface area (Å²) < 4.78 is 0. The zero-order valence-corrected chi connectivity index (χ0v) is 17.3. The molecule has 0 aliphatic heterocycles. The highest BCUT2D eigenvalue weighted by Crippen LogP contribution is 2.26. The molecule has 1 amide bonds. The van der Waals surface area contributed by atoms with E-state index in [9.17, 15) is 9.59 Å². The van der Waals surface area contributed by atoms with Gasteiger partial charge in [0.1, 0.15) is 5.82 Å². The van der Waals surface area contributed by atoms with Crippen LogP contribution in [0.15, 0.2) is 60.7 Å². The number of fused-ring (bicyclic) bond motifs is 1. The molecular weight excluding hydrogens is 378 g/mol. The smallest absolute Gasteiger partial charge is 0.305 e. The summed E-state index contributed by atoms with van der Waals surface area (Å²) in [5, 5.41) is 15.9. The highest BCUT2D eigenvalue weighted by Gasteiger charge is 2.15. The fourth-order valence-electron chi connectivity index (χ4n) is 3.33. The Kier molecular flexibility index (Phi) is 7.01. The van der Waals surface area contributed by atoms with Crippen LogP contribution in [0.3, 0.4) is 0 Å². The van der Waals surface area contributed by atoms with Crippen LogP contribution in [0.5, 0.6) is 0 Å². The largest absolute Gasteiger partial charge is 0.481 e. The van der Waals surface area contributed by atoms with Crippen molar-refractivity contribution in [1.82, 2.24) is 10.3 Å². The van der Waals surface area contributed by atoms with Crippen LogP contribution in [-0.2, 0) is 4.79 Å². The number of carbonyl (C=O) groups is 2. The average molecular weight is 405 g/mol. The number of rotatable bonds is 9. The van der Waals surface area contributed by atoms with E-state index in [0.29, 0.717) is 11.5 Å². The quantitative estimate of drug-likeness (QED) is 0.482. The Morgan fingerprint density at radius 2 is 1.73 bits per heavy atom. The molecule has 0 aliphatic carbocycles. The first kappa shape index (κ1) is 21.3. The molecule has 1 atom stereocenters. The van der Waals surface area contributed by atoms with Gasteiger partial charge < -0.3 is 15.7 Å². The number of nitrogens with one attached hydrogen (secondary N) is 2. The molecule has 0 saturated carbocycles. The van der Waals surface area contributed by atoms with Gasteiger partial charge in [-0.3, -0.25) is 9.59 Å². The predicted molar refractivity (Wildman–Crippen MR) is 119 cm³/mol. The van der Waals surface area contributed by atoms with Gasteiger partial charge in [-0.1, -0.05) is 44.2 Å². The molecule has 0 aliphatic rings. The summed E-state index contributed by atoms with van der Waals surface area (Å²) in [5.74, 6) is 0.0831. The van der Waals surface area contributed by atoms with Gasteiger partial charge >= 0.3 is 5.97 Å². The number of amides is 1. The molecule has 6 nitrogen and oxygen atoms in total. The van der Waals surface area contributed by atoms with E-state index in [-0.39, 0.29) is 24.9 Å². The van der Waals surface area contributed by atoms with Gasteiger partial charge in [0.25, 0.3) is 5.91 Å². The van der Waals surface area contributed by atoms with Crippen LogP contribution < -0.4 is 10.6 Å². The summed E-state index contributed by atoms with van der Waals surface area (Å²) in [6, 6.07) is 19.5. The molecular formula is C24H27N3O3. The third-order valence-corrected chi connectivity index (χ3v) is 4.83. The number of aliphatic carboxylic acids is 1. The summed E-state index contributed by atoms with van der Waals surface area (Å²) >= 11 is 0. The minimum Gasteiger partial charge on any atom is -0.481 e. The topological polar surface area (TPSA) is 91.3 Å². The standard InChI is InChI=1S/C24H27N3O3/c1-16(2)15-21(27-22-12-11-17-5-3-4-6-20(17)26-22)18-7-9-19(10-8-18)24(30)25-14-13-23(28)29/h3-12,16,21H,13-15H2,1-2H3,(H,25,30)(H,26,27)(H,28,29)/t21-/m1/s1. The molecule has 1 heterocycles. The summed E-state index contributed by atoms with van der Waals surface area (Å²) in [6.45, 7) is 4.46. The van der Waals surface area contributed by atoms with Crippen LogP contribution in [0.25, 0.3) is 10.9 Å². The predicted octanol–water partition coefficient (Wildman–Crippen LogP) is 4.64. The van der Waals surface area contributed by atoms with Gasteiger partial charge in [-0.2, -0.15) is 0 Å². The zero-order valence-electron chi connectivity index (χ0n) is 17.3. The van der Waals surface area contributed by atoms with Crippen LogP contribution in [-0.4, -0.2) is 28.5 Å². The second-order valence-electron chi connectivity index (χ2n) is 7.74. The van der Waals surface area contributed by atoms with Gasteiger partial charge in [0.15, 0.2) is 0 Å². The van der Waals surface area contributed by atoms with E-state index in [2.05, 4.69) is 30.5 Å². The van der Waals surface area contributed by atoms with Gasteiger partial charge in [0.05, 0.1) is 18.0 Å². The van der Waals surface area contributed by atoms with Gasteiger partial charge in [-0.25, -0.2) is 4.98 Å². The molecule has 3 N–H and O–H groups in total. The molecule has 0 spiro atoms. The third-order valence-electron chi connectivity index (χ3n) is 4.83. The maximum Gasteiger partial charge on any atom is 0.305 e. The molecule has 3 rings (SSSR count). The van der Waals surface area contributed by atoms with Gasteiger partial charge in [-0.05, 0) is 48.2 Å². The van der Waals surface area contributed by atoms with Crippen LogP contribution in [0.4, 0.5) is 5.82 Å². The second kappa shape index (κ2) is 9.87. The third kappa shape index (κ3) is 5.80. The highest BCUT2D eigenvalue weighted by molar-refractivity contribution is 5.94. The fourth-order valence-corrected chi connectivity index (χ4v) is 3.33. The summed E-state index contributed by atoms with van der Waals surface area (Å²) in [7, 11) is 0. The Morgan fingerprint density at radius 1 is 1.00 bits per heavy atom. The van der Waals surface area contributed by atoms with E-state index in [1.54, 1.807) is 12.1 Å². The van der Waals surface area contributed by atoms with Crippen molar-refractivity contribution >= 4 is 28.6 Å². The van der Waals surface area contributed by atoms with E-state index in [1.165, 1.54) is 0 Å². The number of benzene rings is 2. The zero-order chi connectivity index (χ0) is 21.5. The Balaban J connectivity index is 1.74. The molecule has 156 valence electrons. The first-order valence-electron chi connectivity index (χ1n) is 10.1. The molecule has 30 heavy (non-hydrogen) atoms. The minimum atomic E-state index is -0.935. The van der Waals surface area contributed by atoms with E-state index in [1.807, 2.05) is 42.5 Å². The van der Waals surface area contributed by atoms with Crippen molar-refractivity contribution in [3.05, 3.63) is 71.8 Å². The molecule has 0 saturated heterocycles. The normalized spacial score (nSPS) is 12.0. The van der Waals surface area contributed by atoms with E-state index in [4.69, 9.17) is 10.1 Å². The Bertz CT molecular complexity index is 1020. The minimum absolute atomic E-state index is 0.0581. The highest BCUT2D eigenvalue weighted by atomic mass is 16.4. The van der Waals surface area contributed by atoms with Crippen molar-refractivity contribution in [3.8, 4) is 0 Å². The maximum atomic E-state index is 12.2. The first-order chi connectivity index (χ1) is 14.4. The Hall–Kier alpha value is -3.41. The lowest BCUT2D eigenvalue weighted by Crippen LogP contribution is -2.26. The number of pyridine rings is 1. The lowest BCUT2D eigenvalue weighted by atomic mass is 9.96. The number of para-hydroxylation sites is 1. The number of hydrogen-bond acceptors (Lipinski definition) is 4. The van der Waals surface area contributed by atoms with Crippen LogP contribution >= 0.6 is 0 Å². The van der Waals surface area contributed by atoms with Crippen molar-refractivity contribution in [2.24, 2.45) is 5.92 Å². The molecule has 3 aromatic rings. The molecule has 1 aromatic heterocycles. The number of carbonyl (C=O) groups excluding carboxylic acids is 1. The maximum absolute atomic E-state index is 12.2. The summed E-state index contributed by atoms with van der Waals surface area (Å²) in [6.07, 6.45) is 0.821. The Morgan fingerprint density at radius 3 is 2.43 bits per heavy atom. The van der Waals surface area contributed by atoms with Crippen molar-refractivity contribution < 1.29 is 14.7 Å². The number of aromatic nitrogens is 1. The molecule has 0 unspecified atom stereocenters. The lowest BCUT2D eigenvalue weighted by molar-refractivity contribution is -0.136. The monoisotopic (exact) mass is 405 g/mol. The SMILES string of the molecule is CC(C)C[C@@H](Nc1ccc2ccccc2n1)c1ccc(C(=O)NCCC(=O)O)cc1. The molecule has 0 fully saturated rings. The van der Waals surface area contributed by atoms with Crippen molar-refractivity contribution in [2.45, 2.75) is 32.7 Å². The van der Waals surface area contributed by atoms with Crippen LogP contribution in [0.2, 0.25) is 0 Å². The molecule has 0 bridgehead atoms. The Labute approximate surface area is 176 Å². The second-order valence-corrected chi connectivity index (χ2v) is 7.74. The fraction of sp³-hybridized carbons (Fsp3) is 0.292. The number of nitrogens with zero attached hydrogens (tertiary/aromatic N) is 1. The molecule has 6 heteroatoms. The van der Waals surface area contributed by atoms with Gasteiger partial charge in [0, 0.05) is 17.5 Å². The lowest BCUT2D eigenvalue weighted by Gasteiger charge is -2.22. The number of carboxylic acids is 1. The van der Waals surface area contributed by atoms with E-state index in [0.717, 1.165) is 28.7 Å². The summed E-state index contributed by atoms with van der Waals surface area (Å²) in [5.41, 5.74) is 2.52. The van der Waals surface area contributed by atoms with E-state index < -0.39 is 5.97 Å². The van der Waals surface area contributed by atoms with Gasteiger partial charge in [0.2, 0.25) is 0 Å². The number of hydrogen-bond donors (Lipinski definition) is 3. The van der Waals surface area contributed by atoms with E-state index >= 15 is 0 Å². The first-order valence-corrected chi connectivity index (χ1v) is 10.1. The van der Waals surface area contributed by atoms with Crippen molar-refractivity contribution in [1.29, 1.82) is 0 Å².